The van der Waals surface area contributed by atoms with E-state index in [2.05, 4.69) is 20.7 Å². The van der Waals surface area contributed by atoms with Crippen LogP contribution >= 0.6 is 0 Å². The zero-order valence-corrected chi connectivity index (χ0v) is 14.1. The minimum absolute atomic E-state index is 0.261. The number of hydrogen-bond acceptors (Lipinski definition) is 6. The Bertz CT molecular complexity index is 844. The number of anilines is 1. The molecular weight excluding hydrogens is 325 g/mol. The van der Waals surface area contributed by atoms with E-state index >= 15 is 0 Å². The number of aromatic nitrogens is 3. The normalized spacial score (nSPS) is 17.8. The second-order valence-electron chi connectivity index (χ2n) is 5.88. The number of rotatable bonds is 5. The van der Waals surface area contributed by atoms with Crippen LogP contribution in [0.25, 0.3) is 5.65 Å². The van der Waals surface area contributed by atoms with Crippen LogP contribution in [0.5, 0.6) is 0 Å². The minimum Gasteiger partial charge on any atom is -0.375 e. The largest absolute Gasteiger partial charge is 0.375 e. The second kappa shape index (κ2) is 6.88. The zero-order chi connectivity index (χ0) is 18.0. The van der Waals surface area contributed by atoms with Gasteiger partial charge in [0.05, 0.1) is 12.7 Å². The number of hydrogen-bond donors (Lipinski definition) is 3. The Morgan fingerprint density at radius 3 is 2.92 bits per heavy atom. The summed E-state index contributed by atoms with van der Waals surface area (Å²) in [5.74, 6) is 0.617. The van der Waals surface area contributed by atoms with Crippen LogP contribution in [-0.2, 0) is 0 Å². The maximum atomic E-state index is 13.4. The van der Waals surface area contributed by atoms with Crippen LogP contribution < -0.4 is 15.5 Å². The molecule has 1 fully saturated rings. The molecule has 2 aromatic heterocycles. The van der Waals surface area contributed by atoms with Gasteiger partial charge in [-0.3, -0.25) is 4.79 Å². The Hall–Kier alpha value is -2.97. The number of allylic oxidation sites excluding steroid dienone is 1. The van der Waals surface area contributed by atoms with Gasteiger partial charge < -0.3 is 20.9 Å². The highest BCUT2D eigenvalue weighted by Gasteiger charge is 2.24. The number of alkyl halides is 1. The van der Waals surface area contributed by atoms with Crippen molar-refractivity contribution in [3.05, 3.63) is 35.9 Å². The lowest BCUT2D eigenvalue weighted by Crippen LogP contribution is -2.31. The monoisotopic (exact) mass is 345 g/mol. The van der Waals surface area contributed by atoms with E-state index in [1.807, 2.05) is 4.90 Å². The topological polar surface area (TPSA) is 98.4 Å². The Kier molecular flexibility index (Phi) is 4.64. The molecule has 8 nitrogen and oxygen atoms in total. The van der Waals surface area contributed by atoms with Crippen LogP contribution in [0.4, 0.5) is 10.2 Å². The summed E-state index contributed by atoms with van der Waals surface area (Å²) in [4.78, 5) is 18.6. The number of carbonyl (C=O) groups is 1. The maximum Gasteiger partial charge on any atom is 0.277 e. The average molecular weight is 345 g/mol. The lowest BCUT2D eigenvalue weighted by Gasteiger charge is -2.16. The van der Waals surface area contributed by atoms with Gasteiger partial charge in [-0.1, -0.05) is 0 Å². The van der Waals surface area contributed by atoms with E-state index in [1.165, 1.54) is 16.8 Å². The number of amides is 1. The molecule has 0 aliphatic carbocycles. The smallest absolute Gasteiger partial charge is 0.277 e. The standard InChI is InChI=1S/C16H20FN7O/c1-10(18)7-13(19-2)21-16(25)12-8-20-14-3-4-15(22-24(12)14)23-6-5-11(17)9-23/h3-4,7-8,11,18-19H,5-6,9H2,1-2H3,(H,21,25)/b13-7+,18-10?/t11-/m0/s1. The van der Waals surface area contributed by atoms with Gasteiger partial charge in [-0.15, -0.1) is 5.10 Å². The van der Waals surface area contributed by atoms with Crippen LogP contribution in [0.1, 0.15) is 23.8 Å². The molecule has 0 unspecified atom stereocenters. The molecule has 0 spiro atoms. The quantitative estimate of drug-likeness (QED) is 0.705. The molecule has 3 heterocycles. The number of halogens is 1. The van der Waals surface area contributed by atoms with Crippen molar-refractivity contribution in [3.63, 3.8) is 0 Å². The molecule has 0 radical (unpaired) electrons. The number of imidazole rings is 1. The van der Waals surface area contributed by atoms with Crippen molar-refractivity contribution >= 4 is 23.1 Å². The molecule has 3 N–H and O–H groups in total. The molecule has 0 aromatic carbocycles. The summed E-state index contributed by atoms with van der Waals surface area (Å²) in [5, 5.41) is 17.4. The number of carbonyl (C=O) groups excluding carboxylic acids is 1. The fourth-order valence-electron chi connectivity index (χ4n) is 2.69. The van der Waals surface area contributed by atoms with Gasteiger partial charge in [0.15, 0.2) is 11.3 Å². The summed E-state index contributed by atoms with van der Waals surface area (Å²) in [7, 11) is 1.65. The first-order chi connectivity index (χ1) is 12.0. The summed E-state index contributed by atoms with van der Waals surface area (Å²) < 4.78 is 14.9. The van der Waals surface area contributed by atoms with Crippen molar-refractivity contribution in [2.24, 2.45) is 0 Å². The first-order valence-electron chi connectivity index (χ1n) is 7.97. The Morgan fingerprint density at radius 2 is 2.28 bits per heavy atom. The van der Waals surface area contributed by atoms with Crippen LogP contribution in [0, 0.1) is 5.41 Å². The average Bonchev–Trinajstić information content (AvgIpc) is 3.19. The SMILES string of the molecule is CN/C(=C\C(C)=N)NC(=O)c1cnc2ccc(N3CC[C@H](F)C3)nn12. The van der Waals surface area contributed by atoms with E-state index in [9.17, 15) is 9.18 Å². The van der Waals surface area contributed by atoms with Crippen LogP contribution in [0.3, 0.4) is 0 Å². The fraction of sp³-hybridized carbons (Fsp3) is 0.375. The van der Waals surface area contributed by atoms with E-state index in [4.69, 9.17) is 5.41 Å². The lowest BCUT2D eigenvalue weighted by molar-refractivity contribution is 0.0957. The highest BCUT2D eigenvalue weighted by atomic mass is 19.1. The Morgan fingerprint density at radius 1 is 1.48 bits per heavy atom. The third kappa shape index (κ3) is 3.59. The molecule has 0 saturated carbocycles. The molecule has 1 amide bonds. The van der Waals surface area contributed by atoms with Gasteiger partial charge in [0.2, 0.25) is 0 Å². The van der Waals surface area contributed by atoms with E-state index < -0.39 is 12.1 Å². The first-order valence-corrected chi connectivity index (χ1v) is 7.97. The lowest BCUT2D eigenvalue weighted by atomic mass is 10.3. The summed E-state index contributed by atoms with van der Waals surface area (Å²) >= 11 is 0. The van der Waals surface area contributed by atoms with Gasteiger partial charge >= 0.3 is 0 Å². The van der Waals surface area contributed by atoms with Gasteiger partial charge in [-0.05, 0) is 31.6 Å². The van der Waals surface area contributed by atoms with Crippen molar-refractivity contribution in [2.75, 3.05) is 25.0 Å². The number of nitrogens with zero attached hydrogens (tertiary/aromatic N) is 4. The van der Waals surface area contributed by atoms with E-state index in [1.54, 1.807) is 26.1 Å². The van der Waals surface area contributed by atoms with Crippen molar-refractivity contribution in [3.8, 4) is 0 Å². The molecule has 9 heteroatoms. The minimum atomic E-state index is -0.851. The molecule has 1 aliphatic rings. The molecule has 1 saturated heterocycles. The number of fused-ring (bicyclic) bond motifs is 1. The number of nitrogens with one attached hydrogen (secondary N) is 3. The first kappa shape index (κ1) is 16.9. The Labute approximate surface area is 144 Å². The van der Waals surface area contributed by atoms with Crippen molar-refractivity contribution in [1.29, 1.82) is 5.41 Å². The Balaban J connectivity index is 1.88. The van der Waals surface area contributed by atoms with Crippen LogP contribution in [0.15, 0.2) is 30.2 Å². The summed E-state index contributed by atoms with van der Waals surface area (Å²) in [5.41, 5.74) is 1.10. The van der Waals surface area contributed by atoms with Gasteiger partial charge in [0.1, 0.15) is 17.8 Å². The van der Waals surface area contributed by atoms with Crippen LogP contribution in [0.2, 0.25) is 0 Å². The van der Waals surface area contributed by atoms with Gasteiger partial charge in [0.25, 0.3) is 5.91 Å². The molecule has 1 aliphatic heterocycles. The van der Waals surface area contributed by atoms with Gasteiger partial charge in [-0.2, -0.15) is 0 Å². The molecular formula is C16H20FN7O. The third-order valence-corrected chi connectivity index (χ3v) is 3.91. The van der Waals surface area contributed by atoms with E-state index in [0.717, 1.165) is 0 Å². The van der Waals surface area contributed by atoms with Crippen molar-refractivity contribution in [2.45, 2.75) is 19.5 Å². The van der Waals surface area contributed by atoms with Crippen molar-refractivity contribution < 1.29 is 9.18 Å². The summed E-state index contributed by atoms with van der Waals surface area (Å²) in [6, 6.07) is 3.53. The zero-order valence-electron chi connectivity index (χ0n) is 14.1. The summed E-state index contributed by atoms with van der Waals surface area (Å²) in [6.45, 7) is 2.51. The predicted molar refractivity (Wildman–Crippen MR) is 92.7 cm³/mol. The van der Waals surface area contributed by atoms with Gasteiger partial charge in [-0.25, -0.2) is 13.9 Å². The van der Waals surface area contributed by atoms with E-state index in [0.29, 0.717) is 42.5 Å². The molecule has 0 bridgehead atoms. The maximum absolute atomic E-state index is 13.4. The summed E-state index contributed by atoms with van der Waals surface area (Å²) in [6.07, 6.45) is 2.58. The molecule has 3 rings (SSSR count). The highest BCUT2D eigenvalue weighted by molar-refractivity contribution is 5.96. The predicted octanol–water partition coefficient (Wildman–Crippen LogP) is 1.11. The van der Waals surface area contributed by atoms with Crippen LogP contribution in [-0.4, -0.2) is 52.5 Å². The molecule has 132 valence electrons. The fourth-order valence-corrected chi connectivity index (χ4v) is 2.69. The van der Waals surface area contributed by atoms with Crippen molar-refractivity contribution in [1.82, 2.24) is 25.2 Å². The molecule has 2 aromatic rings. The van der Waals surface area contributed by atoms with E-state index in [-0.39, 0.29) is 5.69 Å². The molecule has 1 atom stereocenters. The highest BCUT2D eigenvalue weighted by Crippen LogP contribution is 2.20. The third-order valence-electron chi connectivity index (χ3n) is 3.91. The second-order valence-corrected chi connectivity index (χ2v) is 5.88. The van der Waals surface area contributed by atoms with Gasteiger partial charge in [0, 0.05) is 19.3 Å². The molecule has 25 heavy (non-hydrogen) atoms.